The monoisotopic (exact) mass is 325 g/mol. The normalized spacial score (nSPS) is 21.2. The molecule has 1 aromatic heterocycles. The third kappa shape index (κ3) is 3.65. The van der Waals surface area contributed by atoms with Crippen molar-refractivity contribution < 1.29 is 8.81 Å². The van der Waals surface area contributed by atoms with Crippen LogP contribution in [-0.2, 0) is 0 Å². The highest BCUT2D eigenvalue weighted by atomic mass is 19.1. The van der Waals surface area contributed by atoms with Gasteiger partial charge in [0.15, 0.2) is 0 Å². The maximum absolute atomic E-state index is 12.9. The van der Waals surface area contributed by atoms with Gasteiger partial charge in [-0.1, -0.05) is 26.0 Å². The fraction of sp³-hybridized carbons (Fsp3) is 0.368. The van der Waals surface area contributed by atoms with Crippen molar-refractivity contribution in [1.29, 1.82) is 5.26 Å². The van der Waals surface area contributed by atoms with Gasteiger partial charge in [0.25, 0.3) is 0 Å². The van der Waals surface area contributed by atoms with E-state index in [1.54, 1.807) is 24.3 Å². The molecule has 2 atom stereocenters. The number of aromatic nitrogens is 1. The average Bonchev–Trinajstić information content (AvgIpc) is 2.97. The smallest absolute Gasteiger partial charge is 0.235 e. The minimum absolute atomic E-state index is 0.273. The molecule has 0 unspecified atom stereocenters. The van der Waals surface area contributed by atoms with E-state index >= 15 is 0 Å². The third-order valence-electron chi connectivity index (χ3n) is 4.18. The Morgan fingerprint density at radius 3 is 2.50 bits per heavy atom. The lowest BCUT2D eigenvalue weighted by Crippen LogP contribution is -2.38. The molecule has 0 saturated carbocycles. The van der Waals surface area contributed by atoms with Crippen molar-refractivity contribution in [2.45, 2.75) is 20.3 Å². The average molecular weight is 325 g/mol. The van der Waals surface area contributed by atoms with Crippen LogP contribution in [0.2, 0.25) is 0 Å². The summed E-state index contributed by atoms with van der Waals surface area (Å²) < 4.78 is 18.7. The summed E-state index contributed by atoms with van der Waals surface area (Å²) in [5.74, 6) is 1.78. The summed E-state index contributed by atoms with van der Waals surface area (Å²) in [5, 5.41) is 9.35. The molecule has 1 aromatic carbocycles. The highest BCUT2D eigenvalue weighted by molar-refractivity contribution is 5.67. The summed E-state index contributed by atoms with van der Waals surface area (Å²) in [7, 11) is 0. The molecule has 1 fully saturated rings. The number of hydrogen-bond acceptors (Lipinski definition) is 4. The molecule has 0 aliphatic carbocycles. The Labute approximate surface area is 141 Å². The van der Waals surface area contributed by atoms with Crippen molar-refractivity contribution in [2.75, 3.05) is 18.0 Å². The summed E-state index contributed by atoms with van der Waals surface area (Å²) in [4.78, 5) is 6.37. The van der Waals surface area contributed by atoms with E-state index in [1.165, 1.54) is 18.6 Å². The molecule has 5 heteroatoms. The quantitative estimate of drug-likeness (QED) is 0.842. The number of piperidine rings is 1. The minimum atomic E-state index is -0.273. The summed E-state index contributed by atoms with van der Waals surface area (Å²) in [6.45, 7) is 6.16. The summed E-state index contributed by atoms with van der Waals surface area (Å²) in [5.41, 5.74) is 1.16. The second-order valence-electron chi connectivity index (χ2n) is 6.55. The van der Waals surface area contributed by atoms with Crippen LogP contribution in [0, 0.1) is 29.0 Å². The van der Waals surface area contributed by atoms with Gasteiger partial charge < -0.3 is 9.32 Å². The maximum Gasteiger partial charge on any atom is 0.235 e. The van der Waals surface area contributed by atoms with Crippen LogP contribution in [0.1, 0.15) is 37.4 Å². The predicted octanol–water partition coefficient (Wildman–Crippen LogP) is 4.34. The molecule has 0 radical (unpaired) electrons. The topological polar surface area (TPSA) is 53.1 Å². The van der Waals surface area contributed by atoms with Crippen LogP contribution in [0.4, 0.5) is 10.3 Å². The Bertz CT molecular complexity index is 763. The summed E-state index contributed by atoms with van der Waals surface area (Å²) in [6, 6.07) is 8.27. The van der Waals surface area contributed by atoms with Gasteiger partial charge in [-0.05, 0) is 42.0 Å². The van der Waals surface area contributed by atoms with Gasteiger partial charge in [-0.2, -0.15) is 10.2 Å². The van der Waals surface area contributed by atoms with Crippen molar-refractivity contribution >= 4 is 18.0 Å². The first-order valence-electron chi connectivity index (χ1n) is 8.14. The van der Waals surface area contributed by atoms with E-state index in [9.17, 15) is 9.65 Å². The zero-order valence-corrected chi connectivity index (χ0v) is 13.9. The number of halogens is 1. The lowest BCUT2D eigenvalue weighted by molar-refractivity contribution is 0.342. The molecule has 0 bridgehead atoms. The molecule has 1 aliphatic heterocycles. The Morgan fingerprint density at radius 2 is 1.88 bits per heavy atom. The SMILES string of the molecule is C[C@@H]1C[C@H](C)CN(c2oc(/C=C/c3ccc(F)cc3)nc2C#N)C1. The van der Waals surface area contributed by atoms with E-state index in [2.05, 4.69) is 29.8 Å². The number of oxazole rings is 1. The van der Waals surface area contributed by atoms with Gasteiger partial charge in [-0.25, -0.2) is 4.39 Å². The van der Waals surface area contributed by atoms with Gasteiger partial charge in [0.05, 0.1) is 0 Å². The molecule has 4 nitrogen and oxygen atoms in total. The van der Waals surface area contributed by atoms with Gasteiger partial charge in [-0.3, -0.25) is 0 Å². The van der Waals surface area contributed by atoms with Gasteiger partial charge in [-0.15, -0.1) is 0 Å². The van der Waals surface area contributed by atoms with Crippen molar-refractivity contribution in [1.82, 2.24) is 4.98 Å². The van der Waals surface area contributed by atoms with E-state index in [1.807, 2.05) is 0 Å². The molecule has 0 spiro atoms. The van der Waals surface area contributed by atoms with Crippen LogP contribution in [0.3, 0.4) is 0 Å². The highest BCUT2D eigenvalue weighted by Gasteiger charge is 2.27. The van der Waals surface area contributed by atoms with Crippen LogP contribution < -0.4 is 4.90 Å². The fourth-order valence-electron chi connectivity index (χ4n) is 3.26. The van der Waals surface area contributed by atoms with Crippen molar-refractivity contribution in [3.63, 3.8) is 0 Å². The number of benzene rings is 1. The van der Waals surface area contributed by atoms with Gasteiger partial charge in [0.2, 0.25) is 17.5 Å². The third-order valence-corrected chi connectivity index (χ3v) is 4.18. The van der Waals surface area contributed by atoms with Crippen LogP contribution in [0.5, 0.6) is 0 Å². The lowest BCUT2D eigenvalue weighted by atomic mass is 9.92. The van der Waals surface area contributed by atoms with E-state index in [-0.39, 0.29) is 5.82 Å². The Morgan fingerprint density at radius 1 is 1.21 bits per heavy atom. The van der Waals surface area contributed by atoms with Gasteiger partial charge in [0.1, 0.15) is 11.9 Å². The van der Waals surface area contributed by atoms with Crippen molar-refractivity contribution in [3.05, 3.63) is 47.2 Å². The second kappa shape index (κ2) is 6.88. The lowest BCUT2D eigenvalue weighted by Gasteiger charge is -2.34. The van der Waals surface area contributed by atoms with Crippen LogP contribution in [0.25, 0.3) is 12.2 Å². The highest BCUT2D eigenvalue weighted by Crippen LogP contribution is 2.29. The molecule has 2 heterocycles. The Hall–Kier alpha value is -2.61. The van der Waals surface area contributed by atoms with E-state index < -0.39 is 0 Å². The van der Waals surface area contributed by atoms with Gasteiger partial charge >= 0.3 is 0 Å². The molecule has 124 valence electrons. The molecular formula is C19H20FN3O. The molecule has 0 N–H and O–H groups in total. The zero-order valence-electron chi connectivity index (χ0n) is 13.9. The number of nitriles is 1. The minimum Gasteiger partial charge on any atom is -0.420 e. The molecular weight excluding hydrogens is 305 g/mol. The molecule has 3 rings (SSSR count). The molecule has 0 amide bonds. The zero-order chi connectivity index (χ0) is 17.1. The summed E-state index contributed by atoms with van der Waals surface area (Å²) in [6.07, 6.45) is 4.68. The van der Waals surface area contributed by atoms with E-state index in [0.29, 0.717) is 29.3 Å². The fourth-order valence-corrected chi connectivity index (χ4v) is 3.26. The van der Waals surface area contributed by atoms with E-state index in [4.69, 9.17) is 4.42 Å². The predicted molar refractivity (Wildman–Crippen MR) is 91.7 cm³/mol. The van der Waals surface area contributed by atoms with Gasteiger partial charge in [0, 0.05) is 19.2 Å². The van der Waals surface area contributed by atoms with E-state index in [0.717, 1.165) is 18.7 Å². The van der Waals surface area contributed by atoms with Crippen LogP contribution in [0.15, 0.2) is 28.7 Å². The molecule has 1 aliphatic rings. The number of rotatable bonds is 3. The first-order chi connectivity index (χ1) is 11.5. The van der Waals surface area contributed by atoms with Crippen LogP contribution in [-0.4, -0.2) is 18.1 Å². The Kier molecular flexibility index (Phi) is 4.66. The molecule has 24 heavy (non-hydrogen) atoms. The largest absolute Gasteiger partial charge is 0.420 e. The maximum atomic E-state index is 12.9. The Balaban J connectivity index is 1.82. The second-order valence-corrected chi connectivity index (χ2v) is 6.55. The standard InChI is InChI=1S/C19H20FN3O/c1-13-9-14(2)12-23(11-13)19-17(10-21)22-18(24-19)8-5-15-3-6-16(20)7-4-15/h3-8,13-14H,9,11-12H2,1-2H3/b8-5+/t13-,14+. The number of nitrogens with zero attached hydrogens (tertiary/aromatic N) is 3. The first kappa shape index (κ1) is 16.3. The molecule has 1 saturated heterocycles. The number of anilines is 1. The molecule has 2 aromatic rings. The summed E-state index contributed by atoms with van der Waals surface area (Å²) >= 11 is 0. The van der Waals surface area contributed by atoms with Crippen molar-refractivity contribution in [3.8, 4) is 6.07 Å². The van der Waals surface area contributed by atoms with Crippen LogP contribution >= 0.6 is 0 Å². The first-order valence-corrected chi connectivity index (χ1v) is 8.14. The van der Waals surface area contributed by atoms with Crippen molar-refractivity contribution in [2.24, 2.45) is 11.8 Å². The number of hydrogen-bond donors (Lipinski definition) is 0.